The highest BCUT2D eigenvalue weighted by Crippen LogP contribution is 2.38. The first-order chi connectivity index (χ1) is 18.0. The number of hydrogen-bond donors (Lipinski definition) is 1. The summed E-state index contributed by atoms with van der Waals surface area (Å²) in [4.78, 5) is 26.1. The van der Waals surface area contributed by atoms with Gasteiger partial charge < -0.3 is 0 Å². The van der Waals surface area contributed by atoms with E-state index >= 15 is 0 Å². The van der Waals surface area contributed by atoms with E-state index in [0.717, 1.165) is 10.9 Å². The number of carbonyl (C=O) groups is 2. The topological polar surface area (TPSA) is 125 Å². The predicted molar refractivity (Wildman–Crippen MR) is 126 cm³/mol. The van der Waals surface area contributed by atoms with E-state index in [4.69, 9.17) is 0 Å². The molecule has 0 atom stereocenters. The van der Waals surface area contributed by atoms with Gasteiger partial charge in [-0.2, -0.15) is 41.7 Å². The van der Waals surface area contributed by atoms with Gasteiger partial charge in [-0.3, -0.25) is 14.3 Å². The monoisotopic (exact) mass is 589 g/mol. The number of hydrazine groups is 1. The molecule has 9 nitrogen and oxygen atoms in total. The molecule has 1 saturated heterocycles. The van der Waals surface area contributed by atoms with Gasteiger partial charge in [0.2, 0.25) is 10.0 Å². The lowest BCUT2D eigenvalue weighted by molar-refractivity contribution is -0.143. The van der Waals surface area contributed by atoms with Crippen LogP contribution < -0.4 is 4.83 Å². The number of alkyl halides is 6. The molecule has 1 aliphatic heterocycles. The van der Waals surface area contributed by atoms with Crippen LogP contribution in [-0.4, -0.2) is 40.6 Å². The van der Waals surface area contributed by atoms with Gasteiger partial charge in [0.1, 0.15) is 6.07 Å². The molecule has 0 unspecified atom stereocenters. The zero-order valence-electron chi connectivity index (χ0n) is 19.3. The number of rotatable bonds is 5. The summed E-state index contributed by atoms with van der Waals surface area (Å²) in [6, 6.07) is 7.14. The summed E-state index contributed by atoms with van der Waals surface area (Å²) in [5.41, 5.74) is -3.26. The largest absolute Gasteiger partial charge is 0.416 e. The number of amides is 2. The van der Waals surface area contributed by atoms with Crippen molar-refractivity contribution < 1.29 is 44.3 Å². The lowest BCUT2D eigenvalue weighted by atomic mass is 10.0. The van der Waals surface area contributed by atoms with Gasteiger partial charge in [-0.15, -0.1) is 4.83 Å². The van der Waals surface area contributed by atoms with E-state index in [1.54, 1.807) is 10.9 Å². The molecule has 2 heterocycles. The molecule has 2 amide bonds. The van der Waals surface area contributed by atoms with Gasteiger partial charge in [-0.05, 0) is 53.2 Å². The van der Waals surface area contributed by atoms with Gasteiger partial charge in [0.05, 0.1) is 34.3 Å². The van der Waals surface area contributed by atoms with Crippen molar-refractivity contribution >= 4 is 49.9 Å². The summed E-state index contributed by atoms with van der Waals surface area (Å²) in [6.07, 6.45) is -8.10. The van der Waals surface area contributed by atoms with Gasteiger partial charge in [0, 0.05) is 5.39 Å². The summed E-state index contributed by atoms with van der Waals surface area (Å²) in [5.74, 6) is -0.950. The molecule has 4 rings (SSSR count). The number of nitriles is 1. The average Bonchev–Trinajstić information content (AvgIpc) is 3.28. The van der Waals surface area contributed by atoms with Crippen molar-refractivity contribution in [2.45, 2.75) is 18.9 Å². The number of thioether (sulfide) groups is 1. The molecule has 0 spiro atoms. The highest BCUT2D eigenvalue weighted by molar-refractivity contribution is 8.18. The van der Waals surface area contributed by atoms with Crippen LogP contribution in [0.1, 0.15) is 27.9 Å². The number of fused-ring (bicyclic) bond motifs is 1. The number of halogens is 6. The normalized spacial score (nSPS) is 15.9. The Morgan fingerprint density at radius 2 is 1.77 bits per heavy atom. The molecule has 1 N–H and O–H groups in total. The molecule has 0 bridgehead atoms. The van der Waals surface area contributed by atoms with Crippen LogP contribution in [0.3, 0.4) is 0 Å². The van der Waals surface area contributed by atoms with Crippen LogP contribution in [-0.2, 0) is 33.7 Å². The summed E-state index contributed by atoms with van der Waals surface area (Å²) in [6.45, 7) is -0.611. The predicted octanol–water partition coefficient (Wildman–Crippen LogP) is 4.49. The van der Waals surface area contributed by atoms with Crippen LogP contribution in [0, 0.1) is 11.3 Å². The number of aromatic nitrogens is 2. The fourth-order valence-corrected chi connectivity index (χ4v) is 5.01. The minimum absolute atomic E-state index is 0.00993. The highest BCUT2D eigenvalue weighted by atomic mass is 32.2. The molecular weight excluding hydrogens is 576 g/mol. The molecule has 2 aromatic carbocycles. The van der Waals surface area contributed by atoms with E-state index in [2.05, 4.69) is 5.10 Å². The summed E-state index contributed by atoms with van der Waals surface area (Å²) >= 11 is 0.445. The lowest BCUT2D eigenvalue weighted by Gasteiger charge is -2.16. The fraction of sp³-hybridized carbons (Fsp3) is 0.182. The van der Waals surface area contributed by atoms with Crippen LogP contribution in [0.5, 0.6) is 0 Å². The maximum atomic E-state index is 13.6. The number of sulfonamides is 1. The molecule has 1 aromatic heterocycles. The first kappa shape index (κ1) is 28.1. The Bertz CT molecular complexity index is 1700. The van der Waals surface area contributed by atoms with Gasteiger partial charge in [0.25, 0.3) is 5.91 Å². The molecule has 17 heteroatoms. The molecule has 1 aliphatic rings. The summed E-state index contributed by atoms with van der Waals surface area (Å²) in [5, 5.41) is 13.0. The van der Waals surface area contributed by atoms with Crippen LogP contribution in [0.4, 0.5) is 31.1 Å². The van der Waals surface area contributed by atoms with Crippen molar-refractivity contribution in [2.75, 3.05) is 6.26 Å². The number of hydrogen-bond acceptors (Lipinski definition) is 7. The third-order valence-corrected chi connectivity index (χ3v) is 6.68. The minimum atomic E-state index is -5.10. The first-order valence-corrected chi connectivity index (χ1v) is 13.1. The van der Waals surface area contributed by atoms with Gasteiger partial charge >= 0.3 is 17.6 Å². The van der Waals surface area contributed by atoms with E-state index < -0.39 is 56.8 Å². The maximum Gasteiger partial charge on any atom is 0.416 e. The van der Waals surface area contributed by atoms with Crippen LogP contribution in [0.2, 0.25) is 0 Å². The highest BCUT2D eigenvalue weighted by Gasteiger charge is 2.39. The van der Waals surface area contributed by atoms with E-state index in [1.165, 1.54) is 24.3 Å². The zero-order valence-corrected chi connectivity index (χ0v) is 20.9. The molecule has 0 aliphatic carbocycles. The number of nitrogens with one attached hydrogen (secondary N) is 1. The Balaban J connectivity index is 1.72. The number of nitrogens with zero attached hydrogens (tertiary/aromatic N) is 4. The Morgan fingerprint density at radius 3 is 2.36 bits per heavy atom. The minimum Gasteiger partial charge on any atom is -0.266 e. The molecule has 39 heavy (non-hydrogen) atoms. The van der Waals surface area contributed by atoms with E-state index in [0.29, 0.717) is 28.9 Å². The Kier molecular flexibility index (Phi) is 7.00. The van der Waals surface area contributed by atoms with Crippen LogP contribution >= 0.6 is 11.8 Å². The summed E-state index contributed by atoms with van der Waals surface area (Å²) in [7, 11) is -3.93. The second-order valence-electron chi connectivity index (χ2n) is 8.14. The van der Waals surface area contributed by atoms with Crippen molar-refractivity contribution in [1.82, 2.24) is 19.6 Å². The molecule has 0 radical (unpaired) electrons. The van der Waals surface area contributed by atoms with E-state index in [-0.39, 0.29) is 33.1 Å². The number of carbonyl (C=O) groups excluding carboxylic acids is 2. The number of imide groups is 1. The van der Waals surface area contributed by atoms with Crippen molar-refractivity contribution in [2.24, 2.45) is 0 Å². The van der Waals surface area contributed by atoms with E-state index in [1.807, 2.05) is 0 Å². The number of benzene rings is 2. The second-order valence-corrected chi connectivity index (χ2v) is 10.9. The van der Waals surface area contributed by atoms with Crippen molar-refractivity contribution in [3.05, 3.63) is 69.3 Å². The first-order valence-electron chi connectivity index (χ1n) is 10.4. The molecule has 1 fully saturated rings. The summed E-state index contributed by atoms with van der Waals surface area (Å²) < 4.78 is 104. The molecular formula is C22H13F6N5O4S2. The zero-order chi connectivity index (χ0) is 28.9. The van der Waals surface area contributed by atoms with Crippen LogP contribution in [0.15, 0.2) is 41.3 Å². The lowest BCUT2D eigenvalue weighted by Crippen LogP contribution is -2.44. The Morgan fingerprint density at radius 1 is 1.08 bits per heavy atom. The SMILES string of the molecule is CS(=O)(=O)NN1C(=O)S/C(=C\c2ccc3c(c2)c(C#N)nn3Cc2ccc(C(F)(F)F)cc2C(F)(F)F)C1=O. The molecule has 0 saturated carbocycles. The fourth-order valence-electron chi connectivity index (χ4n) is 3.67. The van der Waals surface area contributed by atoms with Crippen molar-refractivity contribution in [1.29, 1.82) is 5.26 Å². The third-order valence-electron chi connectivity index (χ3n) is 5.29. The third kappa shape index (κ3) is 5.92. The Labute approximate surface area is 219 Å². The standard InChI is InChI=1S/C22H13F6N5O4S2/c1-39(36,37)31-33-19(34)18(38-20(33)35)7-11-2-5-17-14(6-11)16(9-29)30-32(17)10-12-3-4-13(21(23,24)25)8-15(12)22(26,27)28/h2-8,31H,10H2,1H3/b18-7-. The van der Waals surface area contributed by atoms with E-state index in [9.17, 15) is 49.6 Å². The van der Waals surface area contributed by atoms with Crippen LogP contribution in [0.25, 0.3) is 17.0 Å². The smallest absolute Gasteiger partial charge is 0.266 e. The van der Waals surface area contributed by atoms with Gasteiger partial charge in [-0.25, -0.2) is 8.42 Å². The van der Waals surface area contributed by atoms with Gasteiger partial charge in [0.15, 0.2) is 5.69 Å². The quantitative estimate of drug-likeness (QED) is 0.343. The van der Waals surface area contributed by atoms with Crippen molar-refractivity contribution in [3.8, 4) is 6.07 Å². The second kappa shape index (κ2) is 9.70. The van der Waals surface area contributed by atoms with Crippen molar-refractivity contribution in [3.63, 3.8) is 0 Å². The van der Waals surface area contributed by atoms with Gasteiger partial charge in [-0.1, -0.05) is 12.1 Å². The molecule has 3 aromatic rings. The molecule has 204 valence electrons. The average molecular weight is 589 g/mol. The Hall–Kier alpha value is -3.88. The maximum absolute atomic E-state index is 13.6.